The third kappa shape index (κ3) is 9.21. The van der Waals surface area contributed by atoms with Crippen LogP contribution >= 0.6 is 0 Å². The molecule has 0 bridgehead atoms. The highest BCUT2D eigenvalue weighted by molar-refractivity contribution is 5.78. The van der Waals surface area contributed by atoms with Crippen molar-refractivity contribution >= 4 is 5.78 Å². The molecule has 0 amide bonds. The standard InChI is InChI=1S/C17H30O/c1-5-10-16(12-8-11-15(4)6-2)13-9-14-17(18)7-3/h11,13H,5-10,12,14H2,1-4H3. The van der Waals surface area contributed by atoms with Gasteiger partial charge in [0, 0.05) is 12.8 Å². The Morgan fingerprint density at radius 1 is 0.889 bits per heavy atom. The first kappa shape index (κ1) is 17.2. The monoisotopic (exact) mass is 250 g/mol. The van der Waals surface area contributed by atoms with Gasteiger partial charge in [0.1, 0.15) is 5.78 Å². The van der Waals surface area contributed by atoms with E-state index in [1.165, 1.54) is 24.0 Å². The minimum absolute atomic E-state index is 0.379. The summed E-state index contributed by atoms with van der Waals surface area (Å²) < 4.78 is 0. The zero-order valence-electron chi connectivity index (χ0n) is 12.7. The Kier molecular flexibility index (Phi) is 10.7. The van der Waals surface area contributed by atoms with Gasteiger partial charge in [-0.3, -0.25) is 4.79 Å². The molecule has 0 fully saturated rings. The summed E-state index contributed by atoms with van der Waals surface area (Å²) in [5.74, 6) is 0.379. The number of carbonyl (C=O) groups excluding carboxylic acids is 1. The first-order chi connectivity index (χ1) is 8.63. The summed E-state index contributed by atoms with van der Waals surface area (Å²) in [6.07, 6.45) is 12.8. The maximum Gasteiger partial charge on any atom is 0.132 e. The Labute approximate surface area is 113 Å². The minimum atomic E-state index is 0.379. The zero-order valence-corrected chi connectivity index (χ0v) is 12.7. The van der Waals surface area contributed by atoms with Crippen molar-refractivity contribution in [2.45, 2.75) is 79.1 Å². The quantitative estimate of drug-likeness (QED) is 0.461. The molecule has 0 N–H and O–H groups in total. The Morgan fingerprint density at radius 3 is 2.11 bits per heavy atom. The van der Waals surface area contributed by atoms with Crippen LogP contribution in [0.15, 0.2) is 23.3 Å². The van der Waals surface area contributed by atoms with Crippen molar-refractivity contribution in [3.05, 3.63) is 23.3 Å². The molecule has 0 aromatic rings. The van der Waals surface area contributed by atoms with Gasteiger partial charge in [-0.1, -0.05) is 50.5 Å². The smallest absolute Gasteiger partial charge is 0.132 e. The van der Waals surface area contributed by atoms with Crippen molar-refractivity contribution in [1.82, 2.24) is 0 Å². The lowest BCUT2D eigenvalue weighted by Crippen LogP contribution is -1.93. The van der Waals surface area contributed by atoms with E-state index in [0.717, 1.165) is 25.7 Å². The second kappa shape index (κ2) is 11.3. The lowest BCUT2D eigenvalue weighted by Gasteiger charge is -2.05. The Bertz CT molecular complexity index is 284. The molecule has 0 radical (unpaired) electrons. The second-order valence-electron chi connectivity index (χ2n) is 4.99. The molecular weight excluding hydrogens is 220 g/mol. The first-order valence-electron chi connectivity index (χ1n) is 7.49. The number of hydrogen-bond donors (Lipinski definition) is 0. The van der Waals surface area contributed by atoms with Crippen LogP contribution < -0.4 is 0 Å². The number of carbonyl (C=O) groups is 1. The largest absolute Gasteiger partial charge is 0.300 e. The Morgan fingerprint density at radius 2 is 1.56 bits per heavy atom. The van der Waals surface area contributed by atoms with Gasteiger partial charge in [0.15, 0.2) is 0 Å². The van der Waals surface area contributed by atoms with Gasteiger partial charge in [-0.15, -0.1) is 0 Å². The third-order valence-electron chi connectivity index (χ3n) is 3.34. The molecule has 0 atom stereocenters. The molecule has 0 saturated carbocycles. The molecule has 0 rings (SSSR count). The molecule has 0 aliphatic heterocycles. The highest BCUT2D eigenvalue weighted by Crippen LogP contribution is 2.15. The summed E-state index contributed by atoms with van der Waals surface area (Å²) in [5, 5.41) is 0. The lowest BCUT2D eigenvalue weighted by atomic mass is 10.0. The SMILES string of the molecule is CCCC(=CCCC(=O)CC)CCC=C(C)CC. The van der Waals surface area contributed by atoms with Gasteiger partial charge in [0.25, 0.3) is 0 Å². The number of Topliss-reactive ketones (excluding diaryl/α,β-unsaturated/α-hetero) is 1. The average Bonchev–Trinajstić information content (AvgIpc) is 2.38. The van der Waals surface area contributed by atoms with Crippen molar-refractivity contribution in [3.8, 4) is 0 Å². The van der Waals surface area contributed by atoms with Gasteiger partial charge >= 0.3 is 0 Å². The molecule has 0 heterocycles. The third-order valence-corrected chi connectivity index (χ3v) is 3.34. The summed E-state index contributed by atoms with van der Waals surface area (Å²) in [5.41, 5.74) is 3.01. The minimum Gasteiger partial charge on any atom is -0.300 e. The van der Waals surface area contributed by atoms with Crippen LogP contribution in [0.5, 0.6) is 0 Å². The van der Waals surface area contributed by atoms with Gasteiger partial charge in [-0.05, 0) is 39.0 Å². The summed E-state index contributed by atoms with van der Waals surface area (Å²) in [4.78, 5) is 11.3. The summed E-state index contributed by atoms with van der Waals surface area (Å²) in [6, 6.07) is 0. The normalized spacial score (nSPS) is 12.9. The van der Waals surface area contributed by atoms with Crippen molar-refractivity contribution in [2.24, 2.45) is 0 Å². The van der Waals surface area contributed by atoms with Crippen LogP contribution in [0.4, 0.5) is 0 Å². The Hall–Kier alpha value is -0.850. The van der Waals surface area contributed by atoms with Crippen LogP contribution in [0.3, 0.4) is 0 Å². The molecule has 0 saturated heterocycles. The van der Waals surface area contributed by atoms with Crippen LogP contribution in [0.1, 0.15) is 79.1 Å². The molecule has 0 aromatic heterocycles. The van der Waals surface area contributed by atoms with E-state index in [0.29, 0.717) is 18.6 Å². The van der Waals surface area contributed by atoms with Crippen LogP contribution in [-0.4, -0.2) is 5.78 Å². The summed E-state index contributed by atoms with van der Waals surface area (Å²) >= 11 is 0. The topological polar surface area (TPSA) is 17.1 Å². The first-order valence-corrected chi connectivity index (χ1v) is 7.49. The Balaban J connectivity index is 4.12. The molecular formula is C17H30O. The highest BCUT2D eigenvalue weighted by atomic mass is 16.1. The van der Waals surface area contributed by atoms with E-state index in [1.807, 2.05) is 6.92 Å². The predicted molar refractivity (Wildman–Crippen MR) is 80.8 cm³/mol. The fourth-order valence-electron chi connectivity index (χ4n) is 1.91. The predicted octanol–water partition coefficient (Wildman–Crippen LogP) is 5.61. The maximum absolute atomic E-state index is 11.3. The van der Waals surface area contributed by atoms with E-state index < -0.39 is 0 Å². The zero-order chi connectivity index (χ0) is 13.8. The maximum atomic E-state index is 11.3. The van der Waals surface area contributed by atoms with Crippen molar-refractivity contribution in [2.75, 3.05) is 0 Å². The molecule has 0 unspecified atom stereocenters. The fourth-order valence-corrected chi connectivity index (χ4v) is 1.91. The fraction of sp³-hybridized carbons (Fsp3) is 0.706. The lowest BCUT2D eigenvalue weighted by molar-refractivity contribution is -0.118. The van der Waals surface area contributed by atoms with Crippen molar-refractivity contribution in [1.29, 1.82) is 0 Å². The van der Waals surface area contributed by atoms with E-state index in [-0.39, 0.29) is 0 Å². The second-order valence-corrected chi connectivity index (χ2v) is 4.99. The van der Waals surface area contributed by atoms with E-state index in [1.54, 1.807) is 0 Å². The highest BCUT2D eigenvalue weighted by Gasteiger charge is 1.99. The molecule has 18 heavy (non-hydrogen) atoms. The van der Waals surface area contributed by atoms with Gasteiger partial charge in [-0.25, -0.2) is 0 Å². The van der Waals surface area contributed by atoms with Crippen LogP contribution in [-0.2, 0) is 4.79 Å². The van der Waals surface area contributed by atoms with Crippen molar-refractivity contribution in [3.63, 3.8) is 0 Å². The van der Waals surface area contributed by atoms with Crippen molar-refractivity contribution < 1.29 is 4.79 Å². The van der Waals surface area contributed by atoms with Crippen LogP contribution in [0.2, 0.25) is 0 Å². The van der Waals surface area contributed by atoms with Gasteiger partial charge in [0.05, 0.1) is 0 Å². The van der Waals surface area contributed by atoms with Crippen LogP contribution in [0.25, 0.3) is 0 Å². The van der Waals surface area contributed by atoms with Crippen LogP contribution in [0, 0.1) is 0 Å². The summed E-state index contributed by atoms with van der Waals surface area (Å²) in [6.45, 7) is 8.56. The number of hydrogen-bond acceptors (Lipinski definition) is 1. The summed E-state index contributed by atoms with van der Waals surface area (Å²) in [7, 11) is 0. The van der Waals surface area contributed by atoms with E-state index in [9.17, 15) is 4.79 Å². The van der Waals surface area contributed by atoms with Gasteiger partial charge in [0.2, 0.25) is 0 Å². The molecule has 1 nitrogen and oxygen atoms in total. The number of rotatable bonds is 10. The van der Waals surface area contributed by atoms with Gasteiger partial charge < -0.3 is 0 Å². The molecule has 104 valence electrons. The van der Waals surface area contributed by atoms with E-state index in [4.69, 9.17) is 0 Å². The average molecular weight is 250 g/mol. The molecule has 0 aliphatic carbocycles. The number of allylic oxidation sites excluding steroid dienone is 4. The molecule has 0 aliphatic rings. The van der Waals surface area contributed by atoms with Gasteiger partial charge in [-0.2, -0.15) is 0 Å². The molecule has 1 heteroatoms. The molecule has 0 spiro atoms. The number of ketones is 1. The van der Waals surface area contributed by atoms with E-state index >= 15 is 0 Å². The van der Waals surface area contributed by atoms with E-state index in [2.05, 4.69) is 32.9 Å². The molecule has 0 aromatic carbocycles.